The number of carbonyl (C=O) groups excluding carboxylic acids is 1. The van der Waals surface area contributed by atoms with Crippen molar-refractivity contribution in [3.63, 3.8) is 0 Å². The summed E-state index contributed by atoms with van der Waals surface area (Å²) in [5.41, 5.74) is 0. The predicted molar refractivity (Wildman–Crippen MR) is 75.1 cm³/mol. The Morgan fingerprint density at radius 2 is 2.10 bits per heavy atom. The number of amides is 1. The maximum atomic E-state index is 11.7. The van der Waals surface area contributed by atoms with E-state index in [1.165, 1.54) is 0 Å². The molecular formula is C15H21NO4. The largest absolute Gasteiger partial charge is 0.497 e. The lowest BCUT2D eigenvalue weighted by atomic mass is 10.2. The Morgan fingerprint density at radius 1 is 1.35 bits per heavy atom. The summed E-state index contributed by atoms with van der Waals surface area (Å²) >= 11 is 0. The zero-order valence-electron chi connectivity index (χ0n) is 11.8. The van der Waals surface area contributed by atoms with Crippen LogP contribution in [0.3, 0.4) is 0 Å². The van der Waals surface area contributed by atoms with Crippen LogP contribution >= 0.6 is 0 Å². The number of hydrogen-bond donors (Lipinski definition) is 1. The Balaban J connectivity index is 1.57. The van der Waals surface area contributed by atoms with E-state index >= 15 is 0 Å². The number of ether oxygens (including phenoxy) is 3. The van der Waals surface area contributed by atoms with Crippen LogP contribution in [0.25, 0.3) is 0 Å². The molecule has 5 nitrogen and oxygen atoms in total. The lowest BCUT2D eigenvalue weighted by Crippen LogP contribution is -2.35. The van der Waals surface area contributed by atoms with Gasteiger partial charge in [0.1, 0.15) is 17.6 Å². The lowest BCUT2D eigenvalue weighted by molar-refractivity contribution is -0.130. The Kier molecular flexibility index (Phi) is 5.68. The zero-order chi connectivity index (χ0) is 14.2. The van der Waals surface area contributed by atoms with Gasteiger partial charge in [-0.3, -0.25) is 4.79 Å². The van der Waals surface area contributed by atoms with Gasteiger partial charge in [-0.2, -0.15) is 0 Å². The van der Waals surface area contributed by atoms with E-state index < -0.39 is 0 Å². The molecule has 1 heterocycles. The fourth-order valence-corrected chi connectivity index (χ4v) is 2.04. The van der Waals surface area contributed by atoms with Gasteiger partial charge in [0, 0.05) is 13.2 Å². The van der Waals surface area contributed by atoms with Crippen molar-refractivity contribution in [2.75, 3.05) is 26.9 Å². The summed E-state index contributed by atoms with van der Waals surface area (Å²) in [5.74, 6) is 1.60. The van der Waals surface area contributed by atoms with Crippen LogP contribution in [-0.2, 0) is 9.53 Å². The van der Waals surface area contributed by atoms with Crippen molar-refractivity contribution in [1.29, 1.82) is 0 Å². The molecule has 2 rings (SSSR count). The first kappa shape index (κ1) is 14.7. The van der Waals surface area contributed by atoms with Gasteiger partial charge in [0.2, 0.25) is 5.91 Å². The molecule has 1 amide bonds. The number of hydrogen-bond acceptors (Lipinski definition) is 4. The molecule has 5 heteroatoms. The lowest BCUT2D eigenvalue weighted by Gasteiger charge is -2.11. The number of rotatable bonds is 7. The summed E-state index contributed by atoms with van der Waals surface area (Å²) in [6.07, 6.45) is 2.31. The van der Waals surface area contributed by atoms with E-state index in [0.717, 1.165) is 30.8 Å². The Hall–Kier alpha value is -1.75. The van der Waals surface area contributed by atoms with E-state index in [1.807, 2.05) is 24.3 Å². The minimum Gasteiger partial charge on any atom is -0.497 e. The molecule has 110 valence electrons. The van der Waals surface area contributed by atoms with Crippen molar-refractivity contribution >= 4 is 5.91 Å². The summed E-state index contributed by atoms with van der Waals surface area (Å²) in [4.78, 5) is 11.7. The van der Waals surface area contributed by atoms with Crippen LogP contribution in [0.15, 0.2) is 24.3 Å². The molecule has 1 atom stereocenters. The molecule has 0 radical (unpaired) electrons. The molecule has 1 fully saturated rings. The Morgan fingerprint density at radius 3 is 2.75 bits per heavy atom. The van der Waals surface area contributed by atoms with Crippen molar-refractivity contribution < 1.29 is 19.0 Å². The molecule has 0 saturated carbocycles. The summed E-state index contributed by atoms with van der Waals surface area (Å²) in [6.45, 7) is 1.87. The number of benzene rings is 1. The third kappa shape index (κ3) is 4.42. The summed E-state index contributed by atoms with van der Waals surface area (Å²) < 4.78 is 16.0. The van der Waals surface area contributed by atoms with Gasteiger partial charge < -0.3 is 19.5 Å². The second kappa shape index (κ2) is 7.75. The van der Waals surface area contributed by atoms with Crippen LogP contribution in [0, 0.1) is 0 Å². The average Bonchev–Trinajstić information content (AvgIpc) is 3.01. The molecule has 1 N–H and O–H groups in total. The van der Waals surface area contributed by atoms with Crippen LogP contribution in [-0.4, -0.2) is 38.9 Å². The van der Waals surface area contributed by atoms with Crippen LogP contribution < -0.4 is 14.8 Å². The normalized spacial score (nSPS) is 17.8. The topological polar surface area (TPSA) is 56.8 Å². The van der Waals surface area contributed by atoms with Crippen LogP contribution in [0.5, 0.6) is 11.5 Å². The fraction of sp³-hybridized carbons (Fsp3) is 0.533. The first-order valence-electron chi connectivity index (χ1n) is 6.96. The molecule has 1 aliphatic heterocycles. The predicted octanol–water partition coefficient (Wildman–Crippen LogP) is 1.76. The Bertz CT molecular complexity index is 412. The maximum Gasteiger partial charge on any atom is 0.249 e. The molecule has 20 heavy (non-hydrogen) atoms. The van der Waals surface area contributed by atoms with E-state index in [4.69, 9.17) is 14.2 Å². The molecule has 0 unspecified atom stereocenters. The van der Waals surface area contributed by atoms with Crippen molar-refractivity contribution in [2.45, 2.75) is 25.4 Å². The van der Waals surface area contributed by atoms with Gasteiger partial charge in [-0.1, -0.05) is 0 Å². The minimum absolute atomic E-state index is 0.00746. The van der Waals surface area contributed by atoms with E-state index in [9.17, 15) is 4.79 Å². The summed E-state index contributed by atoms with van der Waals surface area (Å²) in [6, 6.07) is 7.44. The van der Waals surface area contributed by atoms with Crippen LogP contribution in [0.2, 0.25) is 0 Å². The van der Waals surface area contributed by atoms with Gasteiger partial charge in [-0.25, -0.2) is 0 Å². The second-order valence-electron chi connectivity index (χ2n) is 4.67. The van der Waals surface area contributed by atoms with E-state index in [1.54, 1.807) is 7.11 Å². The highest BCUT2D eigenvalue weighted by Crippen LogP contribution is 2.17. The van der Waals surface area contributed by atoms with Crippen molar-refractivity contribution in [2.24, 2.45) is 0 Å². The van der Waals surface area contributed by atoms with Gasteiger partial charge >= 0.3 is 0 Å². The highest BCUT2D eigenvalue weighted by Gasteiger charge is 2.22. The van der Waals surface area contributed by atoms with E-state index in [-0.39, 0.29) is 12.0 Å². The monoisotopic (exact) mass is 279 g/mol. The van der Waals surface area contributed by atoms with Gasteiger partial charge in [-0.15, -0.1) is 0 Å². The number of carbonyl (C=O) groups is 1. The average molecular weight is 279 g/mol. The van der Waals surface area contributed by atoms with Crippen molar-refractivity contribution in [3.05, 3.63) is 24.3 Å². The third-order valence-electron chi connectivity index (χ3n) is 3.17. The summed E-state index contributed by atoms with van der Waals surface area (Å²) in [7, 11) is 1.63. The first-order chi connectivity index (χ1) is 9.79. The van der Waals surface area contributed by atoms with E-state index in [0.29, 0.717) is 19.8 Å². The highest BCUT2D eigenvalue weighted by atomic mass is 16.5. The van der Waals surface area contributed by atoms with Crippen LogP contribution in [0.1, 0.15) is 19.3 Å². The standard InChI is InChI=1S/C15H21NO4/c1-18-12-5-7-13(8-6-12)19-11-3-9-16-15(17)14-4-2-10-20-14/h5-8,14H,2-4,9-11H2,1H3,(H,16,17)/t14-/m0/s1. The van der Waals surface area contributed by atoms with Gasteiger partial charge in [0.05, 0.1) is 13.7 Å². The molecular weight excluding hydrogens is 258 g/mol. The molecule has 1 saturated heterocycles. The molecule has 0 aliphatic carbocycles. The quantitative estimate of drug-likeness (QED) is 0.773. The van der Waals surface area contributed by atoms with E-state index in [2.05, 4.69) is 5.32 Å². The van der Waals surface area contributed by atoms with Crippen LogP contribution in [0.4, 0.5) is 0 Å². The highest BCUT2D eigenvalue weighted by molar-refractivity contribution is 5.80. The fourth-order valence-electron chi connectivity index (χ4n) is 2.04. The number of nitrogens with one attached hydrogen (secondary N) is 1. The first-order valence-corrected chi connectivity index (χ1v) is 6.96. The van der Waals surface area contributed by atoms with Crippen molar-refractivity contribution in [1.82, 2.24) is 5.32 Å². The second-order valence-corrected chi connectivity index (χ2v) is 4.67. The molecule has 1 aliphatic rings. The SMILES string of the molecule is COc1ccc(OCCCNC(=O)[C@@H]2CCCO2)cc1. The Labute approximate surface area is 119 Å². The van der Waals surface area contributed by atoms with Gasteiger partial charge in [-0.05, 0) is 43.5 Å². The summed E-state index contributed by atoms with van der Waals surface area (Å²) in [5, 5.41) is 2.87. The zero-order valence-corrected chi connectivity index (χ0v) is 11.8. The minimum atomic E-state index is -0.252. The maximum absolute atomic E-state index is 11.7. The third-order valence-corrected chi connectivity index (χ3v) is 3.17. The van der Waals surface area contributed by atoms with Gasteiger partial charge in [0.15, 0.2) is 0 Å². The van der Waals surface area contributed by atoms with Crippen molar-refractivity contribution in [3.8, 4) is 11.5 Å². The molecule has 0 spiro atoms. The smallest absolute Gasteiger partial charge is 0.249 e. The van der Waals surface area contributed by atoms with Gasteiger partial charge in [0.25, 0.3) is 0 Å². The molecule has 1 aromatic rings. The number of methoxy groups -OCH3 is 1. The molecule has 0 bridgehead atoms. The molecule has 0 aromatic heterocycles. The molecule has 1 aromatic carbocycles.